The van der Waals surface area contributed by atoms with E-state index in [2.05, 4.69) is 5.32 Å². The van der Waals surface area contributed by atoms with Crippen molar-refractivity contribution in [3.05, 3.63) is 29.1 Å². The summed E-state index contributed by atoms with van der Waals surface area (Å²) < 4.78 is 13.9. The highest BCUT2D eigenvalue weighted by Crippen LogP contribution is 2.39. The van der Waals surface area contributed by atoms with Gasteiger partial charge in [0.15, 0.2) is 5.78 Å². The molecule has 0 radical (unpaired) electrons. The standard InChI is InChI=1S/C13H13ClFNO2/c1-6(14)11(17)7-4-8-10(9(15)5-7)16-12(18)13(8,2)3/h4-6H,1-3H3,(H,16,18). The first-order chi connectivity index (χ1) is 8.25. The van der Waals surface area contributed by atoms with Crippen molar-refractivity contribution in [3.63, 3.8) is 0 Å². The summed E-state index contributed by atoms with van der Waals surface area (Å²) in [6, 6.07) is 2.65. The van der Waals surface area contributed by atoms with Gasteiger partial charge in [-0.1, -0.05) is 0 Å². The summed E-state index contributed by atoms with van der Waals surface area (Å²) in [5.74, 6) is -1.24. The molecule has 1 aliphatic rings. The average molecular weight is 270 g/mol. The molecule has 1 aromatic rings. The maximum absolute atomic E-state index is 13.9. The number of carbonyl (C=O) groups excluding carboxylic acids is 2. The number of amides is 1. The second-order valence-electron chi connectivity index (χ2n) is 4.94. The molecule has 1 aromatic carbocycles. The molecule has 1 heterocycles. The highest BCUT2D eigenvalue weighted by Gasteiger charge is 2.40. The minimum absolute atomic E-state index is 0.156. The summed E-state index contributed by atoms with van der Waals surface area (Å²) in [5.41, 5.74) is -0.00238. The van der Waals surface area contributed by atoms with Gasteiger partial charge in [0.1, 0.15) is 5.82 Å². The number of hydrogen-bond donors (Lipinski definition) is 1. The number of ketones is 1. The van der Waals surface area contributed by atoms with Crippen LogP contribution in [0, 0.1) is 5.82 Å². The summed E-state index contributed by atoms with van der Waals surface area (Å²) in [6.45, 7) is 4.90. The summed E-state index contributed by atoms with van der Waals surface area (Å²) in [7, 11) is 0. The smallest absolute Gasteiger partial charge is 0.234 e. The van der Waals surface area contributed by atoms with Crippen LogP contribution in [0.25, 0.3) is 0 Å². The fraction of sp³-hybridized carbons (Fsp3) is 0.385. The Balaban J connectivity index is 2.60. The molecule has 0 saturated heterocycles. The zero-order valence-corrected chi connectivity index (χ0v) is 11.1. The van der Waals surface area contributed by atoms with E-state index in [1.54, 1.807) is 13.8 Å². The van der Waals surface area contributed by atoms with E-state index in [-0.39, 0.29) is 22.9 Å². The van der Waals surface area contributed by atoms with Gasteiger partial charge in [-0.05, 0) is 38.5 Å². The predicted molar refractivity (Wildman–Crippen MR) is 67.7 cm³/mol. The van der Waals surface area contributed by atoms with Crippen molar-refractivity contribution in [2.75, 3.05) is 5.32 Å². The molecular weight excluding hydrogens is 257 g/mol. The van der Waals surface area contributed by atoms with Crippen molar-refractivity contribution in [2.45, 2.75) is 31.6 Å². The third-order valence-corrected chi connectivity index (χ3v) is 3.41. The number of hydrogen-bond acceptors (Lipinski definition) is 2. The Morgan fingerprint density at radius 3 is 2.61 bits per heavy atom. The second kappa shape index (κ2) is 4.05. The molecular formula is C13H13ClFNO2. The van der Waals surface area contributed by atoms with Crippen LogP contribution in [-0.2, 0) is 10.2 Å². The van der Waals surface area contributed by atoms with Crippen LogP contribution in [0.4, 0.5) is 10.1 Å². The van der Waals surface area contributed by atoms with Crippen molar-refractivity contribution in [1.82, 2.24) is 0 Å². The molecule has 0 bridgehead atoms. The third-order valence-electron chi connectivity index (χ3n) is 3.22. The predicted octanol–water partition coefficient (Wildman–Crippen LogP) is 2.87. The quantitative estimate of drug-likeness (QED) is 0.663. The number of halogens is 2. The molecule has 1 atom stereocenters. The van der Waals surface area contributed by atoms with Crippen molar-refractivity contribution in [1.29, 1.82) is 0 Å². The molecule has 1 amide bonds. The normalized spacial score (nSPS) is 18.2. The molecule has 5 heteroatoms. The number of carbonyl (C=O) groups is 2. The van der Waals surface area contributed by atoms with Crippen molar-refractivity contribution < 1.29 is 14.0 Å². The van der Waals surface area contributed by atoms with Crippen LogP contribution < -0.4 is 5.32 Å². The van der Waals surface area contributed by atoms with Gasteiger partial charge in [0.05, 0.1) is 16.5 Å². The van der Waals surface area contributed by atoms with Crippen LogP contribution >= 0.6 is 11.6 Å². The molecule has 0 fully saturated rings. The summed E-state index contributed by atoms with van der Waals surface area (Å²) in [5, 5.41) is 1.77. The van der Waals surface area contributed by atoms with E-state index in [0.717, 1.165) is 6.07 Å². The molecule has 1 aliphatic heterocycles. The molecule has 3 nitrogen and oxygen atoms in total. The largest absolute Gasteiger partial charge is 0.323 e. The van der Waals surface area contributed by atoms with Gasteiger partial charge < -0.3 is 5.32 Å². The first-order valence-corrected chi connectivity index (χ1v) is 6.02. The van der Waals surface area contributed by atoms with E-state index in [9.17, 15) is 14.0 Å². The molecule has 0 aliphatic carbocycles. The SMILES string of the molecule is CC(Cl)C(=O)c1cc(F)c2c(c1)C(C)(C)C(=O)N2. The fourth-order valence-electron chi connectivity index (χ4n) is 1.99. The van der Waals surface area contributed by atoms with Crippen LogP contribution in [0.3, 0.4) is 0 Å². The zero-order valence-electron chi connectivity index (χ0n) is 10.3. The van der Waals surface area contributed by atoms with E-state index in [1.165, 1.54) is 13.0 Å². The lowest BCUT2D eigenvalue weighted by atomic mass is 9.85. The van der Waals surface area contributed by atoms with Gasteiger partial charge in [-0.25, -0.2) is 4.39 Å². The third kappa shape index (κ3) is 1.81. The highest BCUT2D eigenvalue weighted by atomic mass is 35.5. The average Bonchev–Trinajstić information content (AvgIpc) is 2.51. The molecule has 96 valence electrons. The molecule has 0 spiro atoms. The minimum Gasteiger partial charge on any atom is -0.323 e. The second-order valence-corrected chi connectivity index (χ2v) is 5.59. The van der Waals surface area contributed by atoms with E-state index < -0.39 is 16.6 Å². The number of nitrogens with one attached hydrogen (secondary N) is 1. The highest BCUT2D eigenvalue weighted by molar-refractivity contribution is 6.33. The number of rotatable bonds is 2. The van der Waals surface area contributed by atoms with Crippen molar-refractivity contribution in [2.24, 2.45) is 0 Å². The molecule has 0 saturated carbocycles. The Bertz CT molecular complexity index is 552. The van der Waals surface area contributed by atoms with E-state index in [4.69, 9.17) is 11.6 Å². The van der Waals surface area contributed by atoms with Gasteiger partial charge in [0, 0.05) is 5.56 Å². The number of Topliss-reactive ketones (excluding diaryl/α,β-unsaturated/α-hetero) is 1. The Labute approximate surface area is 109 Å². The van der Waals surface area contributed by atoms with Gasteiger partial charge >= 0.3 is 0 Å². The lowest BCUT2D eigenvalue weighted by Crippen LogP contribution is -2.27. The number of alkyl halides is 1. The van der Waals surface area contributed by atoms with Crippen molar-refractivity contribution in [3.8, 4) is 0 Å². The Morgan fingerprint density at radius 1 is 1.44 bits per heavy atom. The zero-order chi connectivity index (χ0) is 13.7. The number of benzene rings is 1. The Morgan fingerprint density at radius 2 is 2.06 bits per heavy atom. The topological polar surface area (TPSA) is 46.2 Å². The molecule has 1 N–H and O–H groups in total. The first kappa shape index (κ1) is 13.0. The lowest BCUT2D eigenvalue weighted by Gasteiger charge is -2.16. The maximum Gasteiger partial charge on any atom is 0.234 e. The van der Waals surface area contributed by atoms with E-state index in [1.807, 2.05) is 0 Å². The summed E-state index contributed by atoms with van der Waals surface area (Å²) in [6.07, 6.45) is 0. The molecule has 2 rings (SSSR count). The lowest BCUT2D eigenvalue weighted by molar-refractivity contribution is -0.119. The van der Waals surface area contributed by atoms with E-state index >= 15 is 0 Å². The Kier molecular flexibility index (Phi) is 2.93. The molecule has 18 heavy (non-hydrogen) atoms. The van der Waals surface area contributed by atoms with Crippen molar-refractivity contribution >= 4 is 29.0 Å². The van der Waals surface area contributed by atoms with Crippen LogP contribution in [0.5, 0.6) is 0 Å². The summed E-state index contributed by atoms with van der Waals surface area (Å²) in [4.78, 5) is 23.5. The molecule has 1 unspecified atom stereocenters. The fourth-order valence-corrected chi connectivity index (χ4v) is 2.12. The van der Waals surface area contributed by atoms with Gasteiger partial charge in [-0.15, -0.1) is 11.6 Å². The molecule has 0 aromatic heterocycles. The van der Waals surface area contributed by atoms with Gasteiger partial charge in [0.2, 0.25) is 5.91 Å². The number of fused-ring (bicyclic) bond motifs is 1. The van der Waals surface area contributed by atoms with Gasteiger partial charge in [-0.3, -0.25) is 9.59 Å². The number of anilines is 1. The summed E-state index contributed by atoms with van der Waals surface area (Å²) >= 11 is 5.71. The monoisotopic (exact) mass is 269 g/mol. The van der Waals surface area contributed by atoms with Crippen LogP contribution in [0.2, 0.25) is 0 Å². The van der Waals surface area contributed by atoms with Gasteiger partial charge in [-0.2, -0.15) is 0 Å². The minimum atomic E-state index is -0.845. The van der Waals surface area contributed by atoms with Crippen LogP contribution in [-0.4, -0.2) is 17.1 Å². The Hall–Kier alpha value is -1.42. The van der Waals surface area contributed by atoms with Gasteiger partial charge in [0.25, 0.3) is 0 Å². The first-order valence-electron chi connectivity index (χ1n) is 5.59. The van der Waals surface area contributed by atoms with Crippen LogP contribution in [0.1, 0.15) is 36.7 Å². The van der Waals surface area contributed by atoms with Crippen LogP contribution in [0.15, 0.2) is 12.1 Å². The van der Waals surface area contributed by atoms with E-state index in [0.29, 0.717) is 5.56 Å². The maximum atomic E-state index is 13.9.